The van der Waals surface area contributed by atoms with Gasteiger partial charge in [0.2, 0.25) is 0 Å². The Kier molecular flexibility index (Phi) is 5.19. The van der Waals surface area contributed by atoms with Gasteiger partial charge in [0.05, 0.1) is 18.5 Å². The molecule has 0 atom stereocenters. The summed E-state index contributed by atoms with van der Waals surface area (Å²) < 4.78 is 5.35. The Morgan fingerprint density at radius 3 is 2.62 bits per heavy atom. The van der Waals surface area contributed by atoms with Crippen molar-refractivity contribution in [3.63, 3.8) is 0 Å². The van der Waals surface area contributed by atoms with Crippen molar-refractivity contribution in [2.75, 3.05) is 6.54 Å². The van der Waals surface area contributed by atoms with Crippen LogP contribution in [-0.4, -0.2) is 22.5 Å². The molecule has 0 radical (unpaired) electrons. The van der Waals surface area contributed by atoms with Crippen LogP contribution in [0.2, 0.25) is 0 Å². The number of benzene rings is 1. The number of rotatable bonds is 6. The van der Waals surface area contributed by atoms with Gasteiger partial charge in [-0.15, -0.1) is 0 Å². The van der Waals surface area contributed by atoms with E-state index >= 15 is 0 Å². The van der Waals surface area contributed by atoms with E-state index in [1.807, 2.05) is 36.4 Å². The first-order chi connectivity index (χ1) is 11.8. The number of aromatic nitrogens is 2. The topological polar surface area (TPSA) is 80.0 Å². The highest BCUT2D eigenvalue weighted by Crippen LogP contribution is 2.19. The minimum atomic E-state index is -0.234. The molecule has 2 heterocycles. The Balaban J connectivity index is 1.50. The van der Waals surface area contributed by atoms with E-state index in [4.69, 9.17) is 4.42 Å². The lowest BCUT2D eigenvalue weighted by atomic mass is 10.1. The third-order valence-corrected chi connectivity index (χ3v) is 3.49. The summed E-state index contributed by atoms with van der Waals surface area (Å²) in [5, 5.41) is 5.63. The molecule has 0 spiro atoms. The molecule has 6 nitrogen and oxygen atoms in total. The molecule has 0 saturated carbocycles. The van der Waals surface area contributed by atoms with Crippen LogP contribution < -0.4 is 10.6 Å². The van der Waals surface area contributed by atoms with Gasteiger partial charge < -0.3 is 15.1 Å². The number of hydrogen-bond acceptors (Lipinski definition) is 4. The molecule has 0 saturated heterocycles. The zero-order chi connectivity index (χ0) is 16.6. The molecule has 0 aliphatic carbocycles. The van der Waals surface area contributed by atoms with Gasteiger partial charge in [-0.05, 0) is 24.1 Å². The number of nitrogens with zero attached hydrogens (tertiary/aromatic N) is 2. The molecule has 1 aromatic carbocycles. The van der Waals surface area contributed by atoms with E-state index in [-0.39, 0.29) is 12.6 Å². The van der Waals surface area contributed by atoms with Gasteiger partial charge in [-0.1, -0.05) is 30.3 Å². The van der Waals surface area contributed by atoms with Gasteiger partial charge in [-0.25, -0.2) is 9.78 Å². The highest BCUT2D eigenvalue weighted by atomic mass is 16.3. The largest absolute Gasteiger partial charge is 0.463 e. The molecular weight excluding hydrogens is 304 g/mol. The summed E-state index contributed by atoms with van der Waals surface area (Å²) in [6.07, 6.45) is 5.56. The average Bonchev–Trinajstić information content (AvgIpc) is 3.16. The van der Waals surface area contributed by atoms with Crippen molar-refractivity contribution < 1.29 is 9.21 Å². The van der Waals surface area contributed by atoms with Crippen LogP contribution in [0.4, 0.5) is 4.79 Å². The van der Waals surface area contributed by atoms with Crippen molar-refractivity contribution in [1.29, 1.82) is 0 Å². The SMILES string of the molecule is O=C(NCCc1ccccc1)NCc1nccnc1-c1ccco1. The maximum atomic E-state index is 11.9. The Labute approximate surface area is 140 Å². The Morgan fingerprint density at radius 1 is 1.00 bits per heavy atom. The average molecular weight is 322 g/mol. The Hall–Kier alpha value is -3.15. The lowest BCUT2D eigenvalue weighted by molar-refractivity contribution is 0.240. The second-order valence-electron chi connectivity index (χ2n) is 5.17. The monoisotopic (exact) mass is 322 g/mol. The molecular formula is C18H18N4O2. The van der Waals surface area contributed by atoms with Gasteiger partial charge in [-0.3, -0.25) is 4.98 Å². The van der Waals surface area contributed by atoms with Gasteiger partial charge in [0.25, 0.3) is 0 Å². The van der Waals surface area contributed by atoms with E-state index in [9.17, 15) is 4.79 Å². The minimum absolute atomic E-state index is 0.234. The number of urea groups is 1. The van der Waals surface area contributed by atoms with E-state index in [0.29, 0.717) is 23.7 Å². The summed E-state index contributed by atoms with van der Waals surface area (Å²) in [7, 11) is 0. The van der Waals surface area contributed by atoms with Crippen LogP contribution in [0.25, 0.3) is 11.5 Å². The predicted molar refractivity (Wildman–Crippen MR) is 90.1 cm³/mol. The summed E-state index contributed by atoms with van der Waals surface area (Å²) in [4.78, 5) is 20.5. The molecule has 3 rings (SSSR count). The number of nitrogens with one attached hydrogen (secondary N) is 2. The molecule has 0 aliphatic heterocycles. The molecule has 0 fully saturated rings. The van der Waals surface area contributed by atoms with Crippen LogP contribution in [0.3, 0.4) is 0 Å². The molecule has 122 valence electrons. The molecule has 3 aromatic rings. The van der Waals surface area contributed by atoms with Crippen LogP contribution >= 0.6 is 0 Å². The number of furan rings is 1. The van der Waals surface area contributed by atoms with Gasteiger partial charge in [-0.2, -0.15) is 0 Å². The fourth-order valence-corrected chi connectivity index (χ4v) is 2.31. The zero-order valence-corrected chi connectivity index (χ0v) is 13.1. The van der Waals surface area contributed by atoms with Crippen molar-refractivity contribution in [2.24, 2.45) is 0 Å². The molecule has 0 unspecified atom stereocenters. The van der Waals surface area contributed by atoms with Crippen LogP contribution in [-0.2, 0) is 13.0 Å². The summed E-state index contributed by atoms with van der Waals surface area (Å²) in [6, 6.07) is 13.4. The minimum Gasteiger partial charge on any atom is -0.463 e. The fraction of sp³-hybridized carbons (Fsp3) is 0.167. The van der Waals surface area contributed by atoms with E-state index < -0.39 is 0 Å². The molecule has 2 aromatic heterocycles. The van der Waals surface area contributed by atoms with Gasteiger partial charge in [0.15, 0.2) is 5.76 Å². The Morgan fingerprint density at radius 2 is 1.83 bits per heavy atom. The van der Waals surface area contributed by atoms with Crippen LogP contribution in [0.1, 0.15) is 11.3 Å². The third kappa shape index (κ3) is 4.19. The van der Waals surface area contributed by atoms with E-state index in [1.165, 1.54) is 5.56 Å². The highest BCUT2D eigenvalue weighted by molar-refractivity contribution is 5.74. The van der Waals surface area contributed by atoms with Crippen LogP contribution in [0, 0.1) is 0 Å². The van der Waals surface area contributed by atoms with Crippen LogP contribution in [0.5, 0.6) is 0 Å². The maximum absolute atomic E-state index is 11.9. The molecule has 24 heavy (non-hydrogen) atoms. The molecule has 0 bridgehead atoms. The van der Waals surface area contributed by atoms with Crippen molar-refractivity contribution in [1.82, 2.24) is 20.6 Å². The van der Waals surface area contributed by atoms with Crippen LogP contribution in [0.15, 0.2) is 65.5 Å². The maximum Gasteiger partial charge on any atom is 0.315 e. The first-order valence-corrected chi connectivity index (χ1v) is 7.72. The van der Waals surface area contributed by atoms with Crippen molar-refractivity contribution in [3.8, 4) is 11.5 Å². The number of carbonyl (C=O) groups is 1. The van der Waals surface area contributed by atoms with E-state index in [0.717, 1.165) is 6.42 Å². The molecule has 6 heteroatoms. The molecule has 2 amide bonds. The van der Waals surface area contributed by atoms with Gasteiger partial charge in [0.1, 0.15) is 5.69 Å². The normalized spacial score (nSPS) is 10.3. The lowest BCUT2D eigenvalue weighted by Gasteiger charge is -2.09. The third-order valence-electron chi connectivity index (χ3n) is 3.49. The first-order valence-electron chi connectivity index (χ1n) is 7.72. The summed E-state index contributed by atoms with van der Waals surface area (Å²) in [5.74, 6) is 0.629. The van der Waals surface area contributed by atoms with E-state index in [1.54, 1.807) is 24.7 Å². The number of hydrogen-bond donors (Lipinski definition) is 2. The van der Waals surface area contributed by atoms with Crippen molar-refractivity contribution in [2.45, 2.75) is 13.0 Å². The molecule has 2 N–H and O–H groups in total. The summed E-state index contributed by atoms with van der Waals surface area (Å²) in [6.45, 7) is 0.850. The van der Waals surface area contributed by atoms with E-state index in [2.05, 4.69) is 20.6 Å². The molecule has 0 aliphatic rings. The second kappa shape index (κ2) is 7.92. The number of carbonyl (C=O) groups excluding carboxylic acids is 1. The number of amides is 2. The van der Waals surface area contributed by atoms with Crippen molar-refractivity contribution in [3.05, 3.63) is 72.4 Å². The quantitative estimate of drug-likeness (QED) is 0.731. The second-order valence-corrected chi connectivity index (χ2v) is 5.17. The summed E-state index contributed by atoms with van der Waals surface area (Å²) in [5.41, 5.74) is 2.48. The van der Waals surface area contributed by atoms with Crippen molar-refractivity contribution >= 4 is 6.03 Å². The highest BCUT2D eigenvalue weighted by Gasteiger charge is 2.11. The lowest BCUT2D eigenvalue weighted by Crippen LogP contribution is -2.36. The zero-order valence-electron chi connectivity index (χ0n) is 13.1. The first kappa shape index (κ1) is 15.7. The fourth-order valence-electron chi connectivity index (χ4n) is 2.31. The van der Waals surface area contributed by atoms with Gasteiger partial charge >= 0.3 is 6.03 Å². The smallest absolute Gasteiger partial charge is 0.315 e. The standard InChI is InChI=1S/C18H18N4O2/c23-18(21-9-8-14-5-2-1-3-6-14)22-13-15-17(20-11-10-19-15)16-7-4-12-24-16/h1-7,10-12H,8-9,13H2,(H2,21,22,23). The Bertz CT molecular complexity index is 773. The van der Waals surface area contributed by atoms with Gasteiger partial charge in [0, 0.05) is 18.9 Å². The predicted octanol–water partition coefficient (Wildman–Crippen LogP) is 2.78. The summed E-state index contributed by atoms with van der Waals surface area (Å²) >= 11 is 0.